The molecular formula is C18H21ClN2O3. The van der Waals surface area contributed by atoms with Crippen LogP contribution in [0, 0.1) is 16.2 Å². The van der Waals surface area contributed by atoms with E-state index in [2.05, 4.69) is 12.1 Å². The van der Waals surface area contributed by atoms with Crippen LogP contribution < -0.4 is 5.73 Å². The largest absolute Gasteiger partial charge is 0.369 e. The molecule has 2 fully saturated rings. The monoisotopic (exact) mass is 348 g/mol. The highest BCUT2D eigenvalue weighted by Crippen LogP contribution is 2.70. The molecule has 24 heavy (non-hydrogen) atoms. The van der Waals surface area contributed by atoms with Crippen LogP contribution in [-0.2, 0) is 9.63 Å². The Morgan fingerprint density at radius 1 is 1.21 bits per heavy atom. The second kappa shape index (κ2) is 5.31. The molecule has 2 saturated carbocycles. The highest BCUT2D eigenvalue weighted by atomic mass is 35.5. The molecule has 0 heterocycles. The van der Waals surface area contributed by atoms with E-state index in [1.807, 2.05) is 13.8 Å². The molecule has 1 amide bonds. The minimum atomic E-state index is -0.628. The van der Waals surface area contributed by atoms with Gasteiger partial charge in [0.25, 0.3) is 0 Å². The summed E-state index contributed by atoms with van der Waals surface area (Å²) in [6.07, 6.45) is 1.97. The molecule has 3 rings (SSSR count). The molecule has 0 aliphatic heterocycles. The van der Waals surface area contributed by atoms with Crippen molar-refractivity contribution in [3.63, 3.8) is 0 Å². The standard InChI is InChI=1S/C18H21ClN2O3/c1-16(2)17(3)8-9-18(16,15(20)23)10-13(17)21-24-14(22)11-6-4-5-7-12(11)19/h4-7H,8-10H2,1-3H3,(H2,20,23)/b21-13-. The maximum Gasteiger partial charge on any atom is 0.367 e. The van der Waals surface area contributed by atoms with E-state index in [1.165, 1.54) is 0 Å². The van der Waals surface area contributed by atoms with Gasteiger partial charge in [-0.1, -0.05) is 49.7 Å². The average Bonchev–Trinajstić information content (AvgIpc) is 2.83. The number of fused-ring (bicyclic) bond motifs is 2. The summed E-state index contributed by atoms with van der Waals surface area (Å²) in [6, 6.07) is 6.65. The highest BCUT2D eigenvalue weighted by molar-refractivity contribution is 6.33. The van der Waals surface area contributed by atoms with Gasteiger partial charge in [0.05, 0.1) is 21.7 Å². The number of rotatable bonds is 3. The van der Waals surface area contributed by atoms with Crippen molar-refractivity contribution in [3.8, 4) is 0 Å². The van der Waals surface area contributed by atoms with Crippen LogP contribution in [0.2, 0.25) is 5.02 Å². The van der Waals surface area contributed by atoms with Crippen molar-refractivity contribution in [2.24, 2.45) is 27.1 Å². The third-order valence-corrected chi connectivity index (χ3v) is 6.87. The van der Waals surface area contributed by atoms with Gasteiger partial charge in [-0.05, 0) is 30.4 Å². The first-order valence-corrected chi connectivity index (χ1v) is 8.37. The normalized spacial score (nSPS) is 32.1. The molecular weight excluding hydrogens is 328 g/mol. The second-order valence-electron chi connectivity index (χ2n) is 7.48. The molecule has 2 unspecified atom stereocenters. The molecule has 2 N–H and O–H groups in total. The van der Waals surface area contributed by atoms with Crippen molar-refractivity contribution >= 4 is 29.2 Å². The predicted molar refractivity (Wildman–Crippen MR) is 91.7 cm³/mol. The van der Waals surface area contributed by atoms with E-state index >= 15 is 0 Å². The maximum absolute atomic E-state index is 12.2. The van der Waals surface area contributed by atoms with Crippen LogP contribution in [0.1, 0.15) is 50.4 Å². The Labute approximate surface area is 146 Å². The third kappa shape index (κ3) is 2.04. The molecule has 2 aliphatic carbocycles. The Morgan fingerprint density at radius 3 is 2.46 bits per heavy atom. The summed E-state index contributed by atoms with van der Waals surface area (Å²) in [6.45, 7) is 6.15. The van der Waals surface area contributed by atoms with E-state index in [9.17, 15) is 9.59 Å². The van der Waals surface area contributed by atoms with Crippen LogP contribution in [0.15, 0.2) is 29.4 Å². The Balaban J connectivity index is 1.89. The molecule has 5 nitrogen and oxygen atoms in total. The smallest absolute Gasteiger partial charge is 0.367 e. The van der Waals surface area contributed by atoms with Gasteiger partial charge in [0.1, 0.15) is 0 Å². The number of halogens is 1. The number of nitrogens with zero attached hydrogens (tertiary/aromatic N) is 1. The van der Waals surface area contributed by atoms with Crippen molar-refractivity contribution in [2.45, 2.75) is 40.0 Å². The molecule has 0 radical (unpaired) electrons. The zero-order valence-electron chi connectivity index (χ0n) is 14.1. The van der Waals surface area contributed by atoms with E-state index < -0.39 is 11.4 Å². The summed E-state index contributed by atoms with van der Waals surface area (Å²) in [7, 11) is 0. The minimum Gasteiger partial charge on any atom is -0.369 e. The number of primary amides is 1. The number of oxime groups is 1. The lowest BCUT2D eigenvalue weighted by molar-refractivity contribution is -0.132. The predicted octanol–water partition coefficient (Wildman–Crippen LogP) is 3.55. The van der Waals surface area contributed by atoms with Crippen molar-refractivity contribution in [1.29, 1.82) is 0 Å². The van der Waals surface area contributed by atoms with Gasteiger partial charge in [-0.25, -0.2) is 4.79 Å². The number of carbonyl (C=O) groups is 2. The molecule has 6 heteroatoms. The fraction of sp³-hybridized carbons (Fsp3) is 0.500. The van der Waals surface area contributed by atoms with Crippen molar-refractivity contribution in [3.05, 3.63) is 34.9 Å². The summed E-state index contributed by atoms with van der Waals surface area (Å²) < 4.78 is 0. The van der Waals surface area contributed by atoms with Gasteiger partial charge < -0.3 is 10.6 Å². The van der Waals surface area contributed by atoms with Crippen molar-refractivity contribution in [1.82, 2.24) is 0 Å². The molecule has 1 aromatic carbocycles. The fourth-order valence-electron chi connectivity index (χ4n) is 4.34. The van der Waals surface area contributed by atoms with Crippen molar-refractivity contribution < 1.29 is 14.4 Å². The summed E-state index contributed by atoms with van der Waals surface area (Å²) in [5, 5.41) is 4.43. The number of carbonyl (C=O) groups excluding carboxylic acids is 2. The Kier molecular flexibility index (Phi) is 3.75. The van der Waals surface area contributed by atoms with E-state index in [-0.39, 0.29) is 22.3 Å². The van der Waals surface area contributed by atoms with Crippen LogP contribution in [0.3, 0.4) is 0 Å². The van der Waals surface area contributed by atoms with Gasteiger partial charge >= 0.3 is 5.97 Å². The fourth-order valence-corrected chi connectivity index (χ4v) is 4.55. The Bertz CT molecular complexity index is 758. The molecule has 0 aromatic heterocycles. The zero-order valence-corrected chi connectivity index (χ0v) is 14.8. The third-order valence-electron chi connectivity index (χ3n) is 6.54. The van der Waals surface area contributed by atoms with E-state index in [4.69, 9.17) is 22.2 Å². The van der Waals surface area contributed by atoms with Gasteiger partial charge in [0.2, 0.25) is 5.91 Å². The first-order chi connectivity index (χ1) is 11.2. The number of hydrogen-bond acceptors (Lipinski definition) is 4. The average molecular weight is 349 g/mol. The molecule has 0 spiro atoms. The van der Waals surface area contributed by atoms with Crippen molar-refractivity contribution in [2.75, 3.05) is 0 Å². The molecule has 0 saturated heterocycles. The molecule has 128 valence electrons. The highest BCUT2D eigenvalue weighted by Gasteiger charge is 2.71. The van der Waals surface area contributed by atoms with E-state index in [1.54, 1.807) is 24.3 Å². The van der Waals surface area contributed by atoms with Crippen LogP contribution in [0.4, 0.5) is 0 Å². The summed E-state index contributed by atoms with van der Waals surface area (Å²) in [5.74, 6) is -0.913. The summed E-state index contributed by atoms with van der Waals surface area (Å²) >= 11 is 6.00. The first kappa shape index (κ1) is 17.0. The van der Waals surface area contributed by atoms with E-state index in [0.29, 0.717) is 11.4 Å². The maximum atomic E-state index is 12.2. The number of hydrogen-bond donors (Lipinski definition) is 1. The zero-order chi connectivity index (χ0) is 17.8. The van der Waals surface area contributed by atoms with Gasteiger partial charge in [-0.3, -0.25) is 4.79 Å². The van der Waals surface area contributed by atoms with Crippen LogP contribution in [0.25, 0.3) is 0 Å². The molecule has 2 atom stereocenters. The second-order valence-corrected chi connectivity index (χ2v) is 7.88. The summed E-state index contributed by atoms with van der Waals surface area (Å²) in [5.41, 5.74) is 5.42. The van der Waals surface area contributed by atoms with Crippen LogP contribution >= 0.6 is 11.6 Å². The van der Waals surface area contributed by atoms with Gasteiger partial charge in [0, 0.05) is 11.8 Å². The quantitative estimate of drug-likeness (QED) is 0.669. The SMILES string of the molecule is CC12CCC(C(N)=O)(C/C1=N/OC(=O)c1ccccc1Cl)C2(C)C. The topological polar surface area (TPSA) is 81.8 Å². The lowest BCUT2D eigenvalue weighted by atomic mass is 9.64. The number of nitrogens with two attached hydrogens (primary N) is 1. The van der Waals surface area contributed by atoms with E-state index in [0.717, 1.165) is 18.6 Å². The Hall–Kier alpha value is -1.88. The molecule has 2 bridgehead atoms. The molecule has 2 aliphatic rings. The molecule has 1 aromatic rings. The van der Waals surface area contributed by atoms with Gasteiger partial charge in [-0.15, -0.1) is 0 Å². The first-order valence-electron chi connectivity index (χ1n) is 7.99. The summed E-state index contributed by atoms with van der Waals surface area (Å²) in [4.78, 5) is 29.5. The number of benzene rings is 1. The Morgan fingerprint density at radius 2 is 1.88 bits per heavy atom. The lowest BCUT2D eigenvalue weighted by Crippen LogP contribution is -2.44. The van der Waals surface area contributed by atoms with Gasteiger partial charge in [-0.2, -0.15) is 0 Å². The van der Waals surface area contributed by atoms with Crippen LogP contribution in [0.5, 0.6) is 0 Å². The minimum absolute atomic E-state index is 0.265. The van der Waals surface area contributed by atoms with Crippen LogP contribution in [-0.4, -0.2) is 17.6 Å². The lowest BCUT2D eigenvalue weighted by Gasteiger charge is -2.38. The number of amides is 1. The van der Waals surface area contributed by atoms with Gasteiger partial charge in [0.15, 0.2) is 0 Å².